The Bertz CT molecular complexity index is 1040. The molecule has 6 nitrogen and oxygen atoms in total. The Morgan fingerprint density at radius 3 is 2.57 bits per heavy atom. The van der Waals surface area contributed by atoms with E-state index in [2.05, 4.69) is 47.7 Å². The molecule has 0 aliphatic rings. The molecule has 2 aromatic heterocycles. The summed E-state index contributed by atoms with van der Waals surface area (Å²) in [7, 11) is 1.68. The van der Waals surface area contributed by atoms with Crippen molar-refractivity contribution in [1.82, 2.24) is 19.3 Å². The van der Waals surface area contributed by atoms with Crippen LogP contribution in [0.15, 0.2) is 35.5 Å². The van der Waals surface area contributed by atoms with Crippen molar-refractivity contribution in [1.29, 1.82) is 0 Å². The Labute approximate surface area is 182 Å². The lowest BCUT2D eigenvalue weighted by Crippen LogP contribution is -2.10. The number of nitrogens with zero attached hydrogens (tertiary/aromatic N) is 4. The third-order valence-electron chi connectivity index (χ3n) is 5.15. The molecule has 0 aliphatic carbocycles. The van der Waals surface area contributed by atoms with Gasteiger partial charge in [-0.25, -0.2) is 0 Å². The zero-order valence-electron chi connectivity index (χ0n) is 18.6. The van der Waals surface area contributed by atoms with Gasteiger partial charge in [0.2, 0.25) is 0 Å². The molecule has 0 radical (unpaired) electrons. The lowest BCUT2D eigenvalue weighted by molar-refractivity contribution is 0.102. The first-order valence-electron chi connectivity index (χ1n) is 10.2. The zero-order valence-corrected chi connectivity index (χ0v) is 19.4. The number of Topliss-reactive ketones (excluding diaryl/α,β-unsaturated/α-hetero) is 1. The third-order valence-corrected chi connectivity index (χ3v) is 6.11. The Morgan fingerprint density at radius 2 is 1.93 bits per heavy atom. The van der Waals surface area contributed by atoms with Crippen LogP contribution >= 0.6 is 11.8 Å². The van der Waals surface area contributed by atoms with Crippen LogP contribution in [0.25, 0.3) is 11.4 Å². The standard InChI is InChI=1S/C23H30N4O2S/c1-15(2)27-17(4)13-20(18(27)5)21(28)14-30-23-25-24-22(26(23)10-11-29-6)19-9-7-8-16(3)12-19/h7-9,12-13,15H,10-11,14H2,1-6H3. The first kappa shape index (κ1) is 22.3. The number of aromatic nitrogens is 4. The van der Waals surface area contributed by atoms with Crippen LogP contribution in [0.3, 0.4) is 0 Å². The average Bonchev–Trinajstić information content (AvgIpc) is 3.24. The van der Waals surface area contributed by atoms with E-state index in [1.807, 2.05) is 36.6 Å². The fraction of sp³-hybridized carbons (Fsp3) is 0.435. The second-order valence-corrected chi connectivity index (χ2v) is 8.72. The van der Waals surface area contributed by atoms with Gasteiger partial charge in [0.1, 0.15) is 0 Å². The summed E-state index contributed by atoms with van der Waals surface area (Å²) in [6.07, 6.45) is 0. The van der Waals surface area contributed by atoms with Crippen molar-refractivity contribution in [3.63, 3.8) is 0 Å². The van der Waals surface area contributed by atoms with Crippen molar-refractivity contribution < 1.29 is 9.53 Å². The number of hydrogen-bond acceptors (Lipinski definition) is 5. The summed E-state index contributed by atoms with van der Waals surface area (Å²) in [5.74, 6) is 1.23. The molecule has 3 aromatic rings. The number of carbonyl (C=O) groups excluding carboxylic acids is 1. The van der Waals surface area contributed by atoms with Crippen LogP contribution in [-0.2, 0) is 11.3 Å². The van der Waals surface area contributed by atoms with E-state index >= 15 is 0 Å². The molecule has 3 rings (SSSR count). The molecule has 1 aromatic carbocycles. The quantitative estimate of drug-likeness (QED) is 0.361. The first-order chi connectivity index (χ1) is 14.3. The predicted molar refractivity (Wildman–Crippen MR) is 121 cm³/mol. The number of carbonyl (C=O) groups is 1. The summed E-state index contributed by atoms with van der Waals surface area (Å²) in [6, 6.07) is 10.5. The first-order valence-corrected chi connectivity index (χ1v) is 11.2. The molecule has 0 aliphatic heterocycles. The molecule has 0 N–H and O–H groups in total. The fourth-order valence-electron chi connectivity index (χ4n) is 3.84. The summed E-state index contributed by atoms with van der Waals surface area (Å²) in [4.78, 5) is 13.0. The van der Waals surface area contributed by atoms with Gasteiger partial charge in [0, 0.05) is 35.7 Å². The molecule has 0 spiro atoms. The van der Waals surface area contributed by atoms with Crippen LogP contribution in [0.5, 0.6) is 0 Å². The lowest BCUT2D eigenvalue weighted by Gasteiger charge is -2.13. The van der Waals surface area contributed by atoms with Crippen molar-refractivity contribution in [2.24, 2.45) is 0 Å². The molecule has 160 valence electrons. The van der Waals surface area contributed by atoms with Crippen molar-refractivity contribution in [3.8, 4) is 11.4 Å². The molecule has 0 atom stereocenters. The minimum Gasteiger partial charge on any atom is -0.383 e. The fourth-order valence-corrected chi connectivity index (χ4v) is 4.69. The highest BCUT2D eigenvalue weighted by Crippen LogP contribution is 2.27. The van der Waals surface area contributed by atoms with E-state index in [1.54, 1.807) is 7.11 Å². The van der Waals surface area contributed by atoms with E-state index in [-0.39, 0.29) is 5.78 Å². The Morgan fingerprint density at radius 1 is 1.17 bits per heavy atom. The monoisotopic (exact) mass is 426 g/mol. The molecule has 30 heavy (non-hydrogen) atoms. The largest absolute Gasteiger partial charge is 0.383 e. The number of ether oxygens (including phenoxy) is 1. The molecule has 0 saturated carbocycles. The number of rotatable bonds is 9. The Kier molecular flexibility index (Phi) is 7.15. The third kappa shape index (κ3) is 4.68. The van der Waals surface area contributed by atoms with E-state index < -0.39 is 0 Å². The number of hydrogen-bond donors (Lipinski definition) is 0. The van der Waals surface area contributed by atoms with Crippen LogP contribution in [0, 0.1) is 20.8 Å². The summed E-state index contributed by atoms with van der Waals surface area (Å²) >= 11 is 1.43. The lowest BCUT2D eigenvalue weighted by atomic mass is 10.1. The average molecular weight is 427 g/mol. The topological polar surface area (TPSA) is 61.9 Å². The van der Waals surface area contributed by atoms with Gasteiger partial charge in [-0.3, -0.25) is 9.36 Å². The number of aryl methyl sites for hydroxylation is 2. The maximum absolute atomic E-state index is 13.0. The molecule has 0 saturated heterocycles. The van der Waals surface area contributed by atoms with Gasteiger partial charge >= 0.3 is 0 Å². The molecule has 0 bridgehead atoms. The molecule has 2 heterocycles. The molecular formula is C23H30N4O2S. The summed E-state index contributed by atoms with van der Waals surface area (Å²) in [6.45, 7) is 11.6. The van der Waals surface area contributed by atoms with Crippen LogP contribution in [0.2, 0.25) is 0 Å². The van der Waals surface area contributed by atoms with Gasteiger partial charge in [0.05, 0.1) is 18.9 Å². The summed E-state index contributed by atoms with van der Waals surface area (Å²) in [5.41, 5.74) is 5.10. The van der Waals surface area contributed by atoms with Crippen molar-refractivity contribution >= 4 is 17.5 Å². The second-order valence-electron chi connectivity index (χ2n) is 7.78. The van der Waals surface area contributed by atoms with E-state index in [9.17, 15) is 4.79 Å². The van der Waals surface area contributed by atoms with E-state index in [4.69, 9.17) is 4.74 Å². The highest BCUT2D eigenvalue weighted by atomic mass is 32.2. The highest BCUT2D eigenvalue weighted by Gasteiger charge is 2.20. The number of benzene rings is 1. The van der Waals surface area contributed by atoms with Gasteiger partial charge in [-0.15, -0.1) is 10.2 Å². The molecule has 0 fully saturated rings. The van der Waals surface area contributed by atoms with Crippen LogP contribution in [0.1, 0.15) is 47.2 Å². The number of methoxy groups -OCH3 is 1. The number of thioether (sulfide) groups is 1. The zero-order chi connectivity index (χ0) is 21.8. The van der Waals surface area contributed by atoms with Crippen LogP contribution in [0.4, 0.5) is 0 Å². The Hall–Kier alpha value is -2.38. The highest BCUT2D eigenvalue weighted by molar-refractivity contribution is 7.99. The van der Waals surface area contributed by atoms with E-state index in [0.29, 0.717) is 24.9 Å². The van der Waals surface area contributed by atoms with Gasteiger partial charge in [-0.1, -0.05) is 35.5 Å². The SMILES string of the molecule is COCCn1c(SCC(=O)c2cc(C)n(C(C)C)c2C)nnc1-c1cccc(C)c1. The van der Waals surface area contributed by atoms with Crippen molar-refractivity contribution in [2.45, 2.75) is 52.4 Å². The van der Waals surface area contributed by atoms with Crippen molar-refractivity contribution in [3.05, 3.63) is 52.8 Å². The van der Waals surface area contributed by atoms with E-state index in [1.165, 1.54) is 17.3 Å². The normalized spacial score (nSPS) is 11.4. The minimum absolute atomic E-state index is 0.110. The van der Waals surface area contributed by atoms with Crippen molar-refractivity contribution in [2.75, 3.05) is 19.5 Å². The maximum Gasteiger partial charge on any atom is 0.192 e. The molecular weight excluding hydrogens is 396 g/mol. The van der Waals surface area contributed by atoms with Gasteiger partial charge in [-0.2, -0.15) is 0 Å². The predicted octanol–water partition coefficient (Wildman–Crippen LogP) is 4.87. The molecule has 7 heteroatoms. The van der Waals surface area contributed by atoms with Crippen LogP contribution in [-0.4, -0.2) is 44.6 Å². The maximum atomic E-state index is 13.0. The Balaban J connectivity index is 1.83. The molecule has 0 amide bonds. The molecule has 0 unspecified atom stereocenters. The van der Waals surface area contributed by atoms with Crippen LogP contribution < -0.4 is 0 Å². The van der Waals surface area contributed by atoms with Gasteiger partial charge < -0.3 is 9.30 Å². The smallest absolute Gasteiger partial charge is 0.192 e. The summed E-state index contributed by atoms with van der Waals surface area (Å²) < 4.78 is 9.52. The summed E-state index contributed by atoms with van der Waals surface area (Å²) in [5, 5.41) is 9.52. The minimum atomic E-state index is 0.110. The van der Waals surface area contributed by atoms with E-state index in [0.717, 1.165) is 33.5 Å². The second kappa shape index (κ2) is 9.62. The van der Waals surface area contributed by atoms with Gasteiger partial charge in [0.25, 0.3) is 0 Å². The van der Waals surface area contributed by atoms with Gasteiger partial charge in [0.15, 0.2) is 16.8 Å². The van der Waals surface area contributed by atoms with Gasteiger partial charge in [-0.05, 0) is 46.8 Å². The number of ketones is 1.